The summed E-state index contributed by atoms with van der Waals surface area (Å²) >= 11 is 0. The highest BCUT2D eigenvalue weighted by Gasteiger charge is 1.61. The second-order valence-corrected chi connectivity index (χ2v) is 1.16. The van der Waals surface area contributed by atoms with Gasteiger partial charge in [-0.3, -0.25) is 0 Å². The molecular formula is C6H12O3. The third kappa shape index (κ3) is 157. The molecule has 0 unspecified atom stereocenters. The fourth-order valence-electron chi connectivity index (χ4n) is 0.204. The quantitative estimate of drug-likeness (QED) is 0.515. The molecule has 0 fully saturated rings. The average molecular weight is 132 g/mol. The summed E-state index contributed by atoms with van der Waals surface area (Å²) < 4.78 is 0. The molecule has 0 saturated carbocycles. The molecular weight excluding hydrogens is 120 g/mol. The van der Waals surface area contributed by atoms with Gasteiger partial charge in [0.1, 0.15) is 0 Å². The van der Waals surface area contributed by atoms with E-state index < -0.39 is 0 Å². The molecule has 0 amide bonds. The van der Waals surface area contributed by atoms with E-state index in [0.29, 0.717) is 0 Å². The zero-order valence-corrected chi connectivity index (χ0v) is 5.52. The number of carbonyl (C=O) groups excluding carboxylic acids is 2. The van der Waals surface area contributed by atoms with Crippen LogP contribution < -0.4 is 0 Å². The Bertz CT molecular complexity index is 72.4. The van der Waals surface area contributed by atoms with Gasteiger partial charge in [-0.2, -0.15) is 9.59 Å². The van der Waals surface area contributed by atoms with Gasteiger partial charge in [-0.1, -0.05) is 19.4 Å². The zero-order chi connectivity index (χ0) is 6.83. The fourth-order valence-corrected chi connectivity index (χ4v) is 0.204. The van der Waals surface area contributed by atoms with Gasteiger partial charge in [-0.25, -0.2) is 0 Å². The molecule has 0 radical (unpaired) electrons. The summed E-state index contributed by atoms with van der Waals surface area (Å²) in [6, 6.07) is 0. The predicted molar refractivity (Wildman–Crippen MR) is 33.7 cm³/mol. The van der Waals surface area contributed by atoms with Crippen molar-refractivity contribution >= 4 is 6.15 Å². The molecule has 0 aliphatic heterocycles. The minimum absolute atomic E-state index is 0. The SMILES string of the molecule is C=CCCC.O.O=C=O. The van der Waals surface area contributed by atoms with Crippen molar-refractivity contribution in [2.45, 2.75) is 19.8 Å². The zero-order valence-electron chi connectivity index (χ0n) is 5.52. The van der Waals surface area contributed by atoms with E-state index in [1.54, 1.807) is 0 Å². The van der Waals surface area contributed by atoms with Crippen LogP contribution in [-0.2, 0) is 9.59 Å². The van der Waals surface area contributed by atoms with E-state index in [0.717, 1.165) is 6.42 Å². The third-order valence-electron chi connectivity index (χ3n) is 0.493. The highest BCUT2D eigenvalue weighted by atomic mass is 16.2. The molecule has 0 aliphatic rings. The fraction of sp³-hybridized carbons (Fsp3) is 0.500. The summed E-state index contributed by atoms with van der Waals surface area (Å²) in [7, 11) is 0. The molecule has 0 spiro atoms. The van der Waals surface area contributed by atoms with E-state index in [1.165, 1.54) is 6.42 Å². The maximum atomic E-state index is 8.12. The van der Waals surface area contributed by atoms with Gasteiger partial charge in [0, 0.05) is 0 Å². The summed E-state index contributed by atoms with van der Waals surface area (Å²) in [4.78, 5) is 16.2. The van der Waals surface area contributed by atoms with E-state index >= 15 is 0 Å². The second kappa shape index (κ2) is 27.6. The van der Waals surface area contributed by atoms with Crippen molar-refractivity contribution in [3.8, 4) is 0 Å². The van der Waals surface area contributed by atoms with Crippen molar-refractivity contribution in [2.75, 3.05) is 0 Å². The first-order valence-corrected chi connectivity index (χ1v) is 2.43. The molecule has 54 valence electrons. The van der Waals surface area contributed by atoms with Crippen LogP contribution >= 0.6 is 0 Å². The molecule has 3 heteroatoms. The molecule has 0 bridgehead atoms. The molecule has 0 rings (SSSR count). The Morgan fingerprint density at radius 3 is 1.89 bits per heavy atom. The Hall–Kier alpha value is -0.920. The van der Waals surface area contributed by atoms with Crippen LogP contribution in [0.5, 0.6) is 0 Å². The van der Waals surface area contributed by atoms with Crippen LogP contribution in [0.4, 0.5) is 0 Å². The minimum atomic E-state index is 0. The van der Waals surface area contributed by atoms with Crippen molar-refractivity contribution in [3.63, 3.8) is 0 Å². The number of rotatable bonds is 2. The molecule has 0 aromatic heterocycles. The van der Waals surface area contributed by atoms with Gasteiger partial charge in [0.2, 0.25) is 0 Å². The summed E-state index contributed by atoms with van der Waals surface area (Å²) in [6.45, 7) is 5.69. The third-order valence-corrected chi connectivity index (χ3v) is 0.493. The molecule has 2 N–H and O–H groups in total. The Kier molecular flexibility index (Phi) is 48.1. The van der Waals surface area contributed by atoms with Crippen LogP contribution in [0.3, 0.4) is 0 Å². The average Bonchev–Trinajstić information content (AvgIpc) is 1.71. The number of allylic oxidation sites excluding steroid dienone is 1. The van der Waals surface area contributed by atoms with E-state index in [-0.39, 0.29) is 11.6 Å². The van der Waals surface area contributed by atoms with Crippen molar-refractivity contribution in [1.29, 1.82) is 0 Å². The summed E-state index contributed by atoms with van der Waals surface area (Å²) in [5.74, 6) is 0. The van der Waals surface area contributed by atoms with Crippen molar-refractivity contribution in [1.82, 2.24) is 0 Å². The summed E-state index contributed by atoms with van der Waals surface area (Å²) in [6.07, 6.45) is 4.56. The normalized spacial score (nSPS) is 5.00. The van der Waals surface area contributed by atoms with Gasteiger partial charge in [0.25, 0.3) is 0 Å². The number of unbranched alkanes of at least 4 members (excludes halogenated alkanes) is 1. The largest absolute Gasteiger partial charge is 0.412 e. The van der Waals surface area contributed by atoms with Crippen molar-refractivity contribution in [3.05, 3.63) is 12.7 Å². The Labute approximate surface area is 54.7 Å². The maximum Gasteiger partial charge on any atom is 0.373 e. The first kappa shape index (κ1) is 15.7. The van der Waals surface area contributed by atoms with Gasteiger partial charge in [0.15, 0.2) is 0 Å². The van der Waals surface area contributed by atoms with Gasteiger partial charge in [-0.05, 0) is 6.42 Å². The van der Waals surface area contributed by atoms with Crippen LogP contribution in [0.15, 0.2) is 12.7 Å². The molecule has 9 heavy (non-hydrogen) atoms. The van der Waals surface area contributed by atoms with Crippen molar-refractivity contribution < 1.29 is 15.1 Å². The first-order valence-electron chi connectivity index (χ1n) is 2.43. The molecule has 0 aromatic rings. The number of hydrogen-bond donors (Lipinski definition) is 0. The maximum absolute atomic E-state index is 8.12. The summed E-state index contributed by atoms with van der Waals surface area (Å²) in [5, 5.41) is 0. The topological polar surface area (TPSA) is 65.6 Å². The van der Waals surface area contributed by atoms with Gasteiger partial charge in [-0.15, -0.1) is 6.58 Å². The molecule has 0 aliphatic carbocycles. The molecule has 0 atom stereocenters. The van der Waals surface area contributed by atoms with E-state index in [4.69, 9.17) is 9.59 Å². The predicted octanol–water partition coefficient (Wildman–Crippen LogP) is 0.564. The van der Waals surface area contributed by atoms with Crippen LogP contribution in [0.1, 0.15) is 19.8 Å². The lowest BCUT2D eigenvalue weighted by molar-refractivity contribution is -0.191. The van der Waals surface area contributed by atoms with Gasteiger partial charge < -0.3 is 5.48 Å². The lowest BCUT2D eigenvalue weighted by Crippen LogP contribution is -1.52. The monoisotopic (exact) mass is 132 g/mol. The Balaban J connectivity index is -0.0000000800. The molecule has 0 heterocycles. The number of hydrogen-bond acceptors (Lipinski definition) is 2. The lowest BCUT2D eigenvalue weighted by atomic mass is 10.3. The van der Waals surface area contributed by atoms with Crippen molar-refractivity contribution in [2.24, 2.45) is 0 Å². The van der Waals surface area contributed by atoms with E-state index in [1.807, 2.05) is 6.08 Å². The molecule has 0 aromatic carbocycles. The van der Waals surface area contributed by atoms with Crippen LogP contribution in [0.2, 0.25) is 0 Å². The smallest absolute Gasteiger partial charge is 0.373 e. The van der Waals surface area contributed by atoms with Crippen LogP contribution in [-0.4, -0.2) is 11.6 Å². The molecule has 0 saturated heterocycles. The minimum Gasteiger partial charge on any atom is -0.412 e. The standard InChI is InChI=1S/C5H10.CO2.H2O/c1-3-5-4-2;2-1-3;/h3H,1,4-5H2,2H3;;1H2. The highest BCUT2D eigenvalue weighted by Crippen LogP contribution is 1.82. The van der Waals surface area contributed by atoms with Gasteiger partial charge >= 0.3 is 6.15 Å². The van der Waals surface area contributed by atoms with Crippen LogP contribution in [0, 0.1) is 0 Å². The summed E-state index contributed by atoms with van der Waals surface area (Å²) in [5.41, 5.74) is 0. The highest BCUT2D eigenvalue weighted by molar-refractivity contribution is 5.20. The van der Waals surface area contributed by atoms with E-state index in [9.17, 15) is 0 Å². The van der Waals surface area contributed by atoms with Gasteiger partial charge in [0.05, 0.1) is 0 Å². The second-order valence-electron chi connectivity index (χ2n) is 1.16. The Morgan fingerprint density at radius 1 is 1.56 bits per heavy atom. The Morgan fingerprint density at radius 2 is 1.89 bits per heavy atom. The van der Waals surface area contributed by atoms with Crippen LogP contribution in [0.25, 0.3) is 0 Å². The van der Waals surface area contributed by atoms with E-state index in [2.05, 4.69) is 13.5 Å². The first-order chi connectivity index (χ1) is 3.83. The molecule has 3 nitrogen and oxygen atoms in total. The lowest BCUT2D eigenvalue weighted by Gasteiger charge is -1.72.